The Kier molecular flexibility index (Phi) is 4.10. The molecule has 1 amide bonds. The third-order valence-corrected chi connectivity index (χ3v) is 5.74. The second-order valence-electron chi connectivity index (χ2n) is 7.51. The highest BCUT2D eigenvalue weighted by molar-refractivity contribution is 5.91. The van der Waals surface area contributed by atoms with Crippen LogP contribution in [0.5, 0.6) is 0 Å². The normalized spacial score (nSPS) is 22.0. The van der Waals surface area contributed by atoms with Crippen molar-refractivity contribution in [2.75, 3.05) is 13.1 Å². The van der Waals surface area contributed by atoms with E-state index in [1.165, 1.54) is 12.1 Å². The number of piperidine rings is 1. The molecule has 1 unspecified atom stereocenters. The monoisotopic (exact) mass is 341 g/mol. The number of hydrogen-bond donors (Lipinski definition) is 0. The lowest BCUT2D eigenvalue weighted by Crippen LogP contribution is -2.45. The van der Waals surface area contributed by atoms with Crippen molar-refractivity contribution in [2.24, 2.45) is 13.0 Å². The number of carbonyl (C=O) groups excluding carboxylic acids is 1. The molecular weight excluding hydrogens is 317 g/mol. The summed E-state index contributed by atoms with van der Waals surface area (Å²) in [6.45, 7) is 1.59. The van der Waals surface area contributed by atoms with Crippen LogP contribution in [0.2, 0.25) is 0 Å². The molecule has 1 aliphatic carbocycles. The van der Waals surface area contributed by atoms with Gasteiger partial charge in [0, 0.05) is 39.0 Å². The van der Waals surface area contributed by atoms with E-state index in [1.807, 2.05) is 30.4 Å². The predicted octanol–water partition coefficient (Wildman–Crippen LogP) is 3.07. The first-order valence-corrected chi connectivity index (χ1v) is 9.10. The fourth-order valence-electron chi connectivity index (χ4n) is 4.11. The quantitative estimate of drug-likeness (QED) is 0.857. The Labute approximate surface area is 147 Å². The highest BCUT2D eigenvalue weighted by Crippen LogP contribution is 2.50. The third kappa shape index (κ3) is 3.08. The Hall–Kier alpha value is -2.17. The molecule has 5 heteroatoms. The molecule has 1 aromatic carbocycles. The van der Waals surface area contributed by atoms with Crippen LogP contribution in [0.25, 0.3) is 0 Å². The molecule has 0 N–H and O–H groups in total. The average Bonchev–Trinajstić information content (AvgIpc) is 3.34. The maximum absolute atomic E-state index is 13.6. The van der Waals surface area contributed by atoms with Gasteiger partial charge in [0.15, 0.2) is 0 Å². The minimum atomic E-state index is -0.479. The number of carbonyl (C=O) groups is 1. The van der Waals surface area contributed by atoms with Crippen LogP contribution >= 0.6 is 0 Å². The molecule has 25 heavy (non-hydrogen) atoms. The van der Waals surface area contributed by atoms with Crippen molar-refractivity contribution < 1.29 is 9.18 Å². The Balaban J connectivity index is 1.48. The number of aromatic nitrogens is 2. The first-order valence-electron chi connectivity index (χ1n) is 9.10. The number of halogens is 1. The van der Waals surface area contributed by atoms with Gasteiger partial charge in [-0.05, 0) is 49.3 Å². The summed E-state index contributed by atoms with van der Waals surface area (Å²) in [5, 5.41) is 0. The van der Waals surface area contributed by atoms with Gasteiger partial charge in [-0.15, -0.1) is 0 Å². The molecule has 4 rings (SSSR count). The molecule has 0 spiro atoms. The van der Waals surface area contributed by atoms with Crippen LogP contribution in [0.3, 0.4) is 0 Å². The Bertz CT molecular complexity index is 781. The topological polar surface area (TPSA) is 38.1 Å². The number of hydrogen-bond acceptors (Lipinski definition) is 2. The van der Waals surface area contributed by atoms with E-state index in [-0.39, 0.29) is 11.7 Å². The standard InChI is InChI=1S/C20H24FN3O/c1-23-11-9-22-18(23)12-15-4-3-10-24(14-15)19(25)20(7-8-20)16-5-2-6-17(21)13-16/h2,5-6,9,11,13,15H,3-4,7-8,10,12,14H2,1H3. The van der Waals surface area contributed by atoms with Crippen LogP contribution in [0.1, 0.15) is 37.1 Å². The summed E-state index contributed by atoms with van der Waals surface area (Å²) in [6, 6.07) is 6.56. The van der Waals surface area contributed by atoms with Crippen molar-refractivity contribution in [3.8, 4) is 0 Å². The van der Waals surface area contributed by atoms with Gasteiger partial charge in [-0.3, -0.25) is 4.79 Å². The van der Waals surface area contributed by atoms with Crippen LogP contribution in [0, 0.1) is 11.7 Å². The number of aryl methyl sites for hydroxylation is 1. The number of rotatable bonds is 4. The van der Waals surface area contributed by atoms with Crippen molar-refractivity contribution >= 4 is 5.91 Å². The number of nitrogens with zero attached hydrogens (tertiary/aromatic N) is 3. The zero-order chi connectivity index (χ0) is 17.4. The van der Waals surface area contributed by atoms with E-state index in [0.717, 1.165) is 56.6 Å². The first-order chi connectivity index (χ1) is 12.1. The van der Waals surface area contributed by atoms with Gasteiger partial charge < -0.3 is 9.47 Å². The van der Waals surface area contributed by atoms with E-state index in [0.29, 0.717) is 5.92 Å². The molecule has 2 heterocycles. The molecule has 2 aliphatic rings. The van der Waals surface area contributed by atoms with Crippen molar-refractivity contribution in [3.63, 3.8) is 0 Å². The number of imidazole rings is 1. The molecule has 1 saturated heterocycles. The first kappa shape index (κ1) is 16.3. The van der Waals surface area contributed by atoms with Crippen LogP contribution in [0.15, 0.2) is 36.7 Å². The summed E-state index contributed by atoms with van der Waals surface area (Å²) in [5.41, 5.74) is 0.358. The SMILES string of the molecule is Cn1ccnc1CC1CCCN(C(=O)C2(c3cccc(F)c3)CC2)C1. The van der Waals surface area contributed by atoms with Crippen molar-refractivity contribution in [2.45, 2.75) is 37.5 Å². The van der Waals surface area contributed by atoms with Gasteiger partial charge in [0.1, 0.15) is 11.6 Å². The van der Waals surface area contributed by atoms with Gasteiger partial charge in [-0.2, -0.15) is 0 Å². The number of amides is 1. The van der Waals surface area contributed by atoms with E-state index in [1.54, 1.807) is 6.07 Å². The van der Waals surface area contributed by atoms with E-state index >= 15 is 0 Å². The second-order valence-corrected chi connectivity index (χ2v) is 7.51. The highest BCUT2D eigenvalue weighted by atomic mass is 19.1. The van der Waals surface area contributed by atoms with Gasteiger partial charge in [0.25, 0.3) is 0 Å². The molecule has 1 aromatic heterocycles. The zero-order valence-electron chi connectivity index (χ0n) is 14.6. The second kappa shape index (κ2) is 6.28. The smallest absolute Gasteiger partial charge is 0.233 e. The fraction of sp³-hybridized carbons (Fsp3) is 0.500. The molecule has 0 radical (unpaired) electrons. The van der Waals surface area contributed by atoms with Gasteiger partial charge >= 0.3 is 0 Å². The maximum Gasteiger partial charge on any atom is 0.233 e. The summed E-state index contributed by atoms with van der Waals surface area (Å²) in [6.07, 6.45) is 8.50. The Morgan fingerprint density at radius 2 is 2.24 bits per heavy atom. The molecule has 1 aliphatic heterocycles. The van der Waals surface area contributed by atoms with Crippen molar-refractivity contribution in [1.82, 2.24) is 14.5 Å². The summed E-state index contributed by atoms with van der Waals surface area (Å²) >= 11 is 0. The molecule has 1 atom stereocenters. The molecule has 1 saturated carbocycles. The maximum atomic E-state index is 13.6. The summed E-state index contributed by atoms with van der Waals surface area (Å²) < 4.78 is 15.7. The largest absolute Gasteiger partial charge is 0.342 e. The fourth-order valence-corrected chi connectivity index (χ4v) is 4.11. The lowest BCUT2D eigenvalue weighted by atomic mass is 9.90. The third-order valence-electron chi connectivity index (χ3n) is 5.74. The Morgan fingerprint density at radius 1 is 1.40 bits per heavy atom. The predicted molar refractivity (Wildman–Crippen MR) is 93.5 cm³/mol. The van der Waals surface area contributed by atoms with Gasteiger partial charge in [0.2, 0.25) is 5.91 Å². The summed E-state index contributed by atoms with van der Waals surface area (Å²) in [7, 11) is 2.01. The zero-order valence-corrected chi connectivity index (χ0v) is 14.6. The molecule has 0 bridgehead atoms. The van der Waals surface area contributed by atoms with E-state index in [9.17, 15) is 9.18 Å². The molecule has 132 valence electrons. The van der Waals surface area contributed by atoms with E-state index in [4.69, 9.17) is 0 Å². The van der Waals surface area contributed by atoms with Crippen LogP contribution in [0.4, 0.5) is 4.39 Å². The minimum Gasteiger partial charge on any atom is -0.342 e. The van der Waals surface area contributed by atoms with E-state index < -0.39 is 5.41 Å². The molecule has 4 nitrogen and oxygen atoms in total. The van der Waals surface area contributed by atoms with Crippen LogP contribution in [-0.4, -0.2) is 33.4 Å². The number of benzene rings is 1. The number of likely N-dealkylation sites (tertiary alicyclic amines) is 1. The van der Waals surface area contributed by atoms with Crippen molar-refractivity contribution in [3.05, 3.63) is 53.9 Å². The molecular formula is C20H24FN3O. The minimum absolute atomic E-state index is 0.183. The highest BCUT2D eigenvalue weighted by Gasteiger charge is 2.53. The lowest BCUT2D eigenvalue weighted by molar-refractivity contribution is -0.135. The van der Waals surface area contributed by atoms with Gasteiger partial charge in [-0.1, -0.05) is 12.1 Å². The van der Waals surface area contributed by atoms with Gasteiger partial charge in [0.05, 0.1) is 5.41 Å². The van der Waals surface area contributed by atoms with Gasteiger partial charge in [-0.25, -0.2) is 9.37 Å². The average molecular weight is 341 g/mol. The Morgan fingerprint density at radius 3 is 2.92 bits per heavy atom. The molecule has 2 aromatic rings. The van der Waals surface area contributed by atoms with Crippen LogP contribution < -0.4 is 0 Å². The summed E-state index contributed by atoms with van der Waals surface area (Å²) in [5.74, 6) is 1.44. The lowest BCUT2D eigenvalue weighted by Gasteiger charge is -2.35. The van der Waals surface area contributed by atoms with E-state index in [2.05, 4.69) is 9.55 Å². The van der Waals surface area contributed by atoms with Crippen molar-refractivity contribution in [1.29, 1.82) is 0 Å². The summed E-state index contributed by atoms with van der Waals surface area (Å²) in [4.78, 5) is 19.6. The molecule has 2 fully saturated rings. The van der Waals surface area contributed by atoms with Crippen LogP contribution in [-0.2, 0) is 23.7 Å².